The second-order valence-electron chi connectivity index (χ2n) is 20.9. The van der Waals surface area contributed by atoms with E-state index < -0.39 is 35.2 Å². The Morgan fingerprint density at radius 3 is 1.41 bits per heavy atom. The largest absolute Gasteiger partial charge is 0.418 e. The predicted molar refractivity (Wildman–Crippen MR) is 326 cm³/mol. The van der Waals surface area contributed by atoms with Crippen LogP contribution in [0.15, 0.2) is 122 Å². The van der Waals surface area contributed by atoms with Crippen LogP contribution < -0.4 is 33.2 Å². The van der Waals surface area contributed by atoms with Gasteiger partial charge in [-0.05, 0) is 142 Å². The smallest absolute Gasteiger partial charge is 0.370 e. The summed E-state index contributed by atoms with van der Waals surface area (Å²) in [7, 11) is 0. The summed E-state index contributed by atoms with van der Waals surface area (Å²) in [5.74, 6) is 2.07. The molecule has 0 radical (unpaired) electrons. The summed E-state index contributed by atoms with van der Waals surface area (Å²) < 4.78 is 122. The second kappa shape index (κ2) is 25.6. The van der Waals surface area contributed by atoms with Crippen LogP contribution in [0.3, 0.4) is 0 Å². The lowest BCUT2D eigenvalue weighted by molar-refractivity contribution is -0.138. The zero-order valence-corrected chi connectivity index (χ0v) is 45.4. The van der Waals surface area contributed by atoms with Crippen molar-refractivity contribution >= 4 is 50.6 Å². The quantitative estimate of drug-likeness (QED) is 0.0486. The van der Waals surface area contributed by atoms with E-state index in [4.69, 9.17) is 17.2 Å². The minimum absolute atomic E-state index is 0. The first kappa shape index (κ1) is 59.3. The van der Waals surface area contributed by atoms with Gasteiger partial charge in [0.1, 0.15) is 34.5 Å². The molecule has 12 N–H and O–H groups in total. The lowest BCUT2D eigenvalue weighted by Gasteiger charge is -2.28. The number of fused-ring (bicyclic) bond motifs is 3. The zero-order valence-electron chi connectivity index (χ0n) is 45.4. The van der Waals surface area contributed by atoms with Crippen LogP contribution in [0.4, 0.5) is 57.0 Å². The number of halogens is 9. The number of rotatable bonds is 13. The average Bonchev–Trinajstić information content (AvgIpc) is 1.74. The van der Waals surface area contributed by atoms with Crippen molar-refractivity contribution in [1.82, 2.24) is 60.5 Å². The van der Waals surface area contributed by atoms with Gasteiger partial charge in [0.15, 0.2) is 16.9 Å². The molecule has 0 amide bonds. The number of H-pyrrole nitrogens is 3. The number of nitrogens with two attached hydrogens (primary N) is 3. The molecule has 3 atom stereocenters. The average molecular weight is 1200 g/mol. The third-order valence-electron chi connectivity index (χ3n) is 15.0. The number of nitrogens with one attached hydrogen (secondary N) is 6. The molecule has 18 nitrogen and oxygen atoms in total. The molecule has 9 heterocycles. The van der Waals surface area contributed by atoms with E-state index in [2.05, 4.69) is 76.4 Å². The first-order chi connectivity index (χ1) is 40.8. The van der Waals surface area contributed by atoms with E-state index in [0.29, 0.717) is 76.2 Å². The number of aromatic nitrogens is 12. The van der Waals surface area contributed by atoms with Gasteiger partial charge in [0.05, 0.1) is 33.8 Å². The number of nitrogens with zero attached hydrogens (tertiary/aromatic N) is 9. The number of anilines is 3. The van der Waals surface area contributed by atoms with Crippen molar-refractivity contribution in [3.8, 4) is 34.2 Å². The third kappa shape index (κ3) is 14.2. The highest BCUT2D eigenvalue weighted by Gasteiger charge is 2.38. The standard InChI is InChI=1S/C20H23F3N6.C20H17F3N6.C18H19F3N6.10H2/c21-20(22,23)15-6-7-16(26-11-13-4-1-3-12(9-13)10-24)27-18(15)17-14-5-2-8-25-19(14)29-28-17;21-20(22,23)14-8-9-16(26-11-15(24)12-5-2-1-3-6-12)27-18(14)17-13-7-4-10-25-19(13)29-28-17;19-18(20,21)13-7-8-14(24-11-5-3-10(22)4-6-11)25-16(13)15-12-2-1-9-23-17(12)27-26-15;;;;;;;;;;/h2,5-8,12-13H,1,3-4,9-11,24H2,(H,26,27)(H,25,28,29);1-10,15H,11,24H2,(H,26,27)(H,25,28,29);1-2,7-11H,3-6,22H2,(H,24,25)(H,23,26,27);10*1H. The van der Waals surface area contributed by atoms with E-state index in [1.54, 1.807) is 42.6 Å². The summed E-state index contributed by atoms with van der Waals surface area (Å²) >= 11 is 0. The number of alkyl halides is 9. The van der Waals surface area contributed by atoms with Crippen molar-refractivity contribution in [3.05, 3.63) is 144 Å². The molecule has 27 heteroatoms. The number of aromatic amines is 3. The van der Waals surface area contributed by atoms with E-state index in [1.165, 1.54) is 30.6 Å². The Balaban J connectivity index is 0.00000133. The maximum atomic E-state index is 13.6. The van der Waals surface area contributed by atoms with Crippen LogP contribution in [-0.4, -0.2) is 92.2 Å². The van der Waals surface area contributed by atoms with Crippen LogP contribution in [0.1, 0.15) is 93.9 Å². The zero-order chi connectivity index (χ0) is 59.9. The Bertz CT molecular complexity index is 3880. The fourth-order valence-electron chi connectivity index (χ4n) is 10.6. The number of pyridine rings is 6. The molecule has 12 rings (SSSR count). The molecular formula is C58H79F9N18. The van der Waals surface area contributed by atoms with Gasteiger partial charge in [0, 0.05) is 80.2 Å². The predicted octanol–water partition coefficient (Wildman–Crippen LogP) is 14.5. The summed E-state index contributed by atoms with van der Waals surface area (Å²) in [6.07, 6.45) is -1.09. The molecule has 2 aliphatic carbocycles. The minimum atomic E-state index is -4.57. The van der Waals surface area contributed by atoms with Crippen molar-refractivity contribution in [3.63, 3.8) is 0 Å². The Hall–Kier alpha value is -8.82. The molecule has 464 valence electrons. The summed E-state index contributed by atoms with van der Waals surface area (Å²) in [5.41, 5.74) is 17.3. The molecule has 2 fully saturated rings. The topological polar surface area (TPSA) is 278 Å². The van der Waals surface area contributed by atoms with Crippen molar-refractivity contribution in [2.24, 2.45) is 29.0 Å². The van der Waals surface area contributed by atoms with Gasteiger partial charge in [0.2, 0.25) is 0 Å². The highest BCUT2D eigenvalue weighted by molar-refractivity contribution is 5.92. The molecule has 0 aliphatic heterocycles. The summed E-state index contributed by atoms with van der Waals surface area (Å²) in [4.78, 5) is 25.0. The molecule has 0 bridgehead atoms. The molecule has 0 spiro atoms. The summed E-state index contributed by atoms with van der Waals surface area (Å²) in [6, 6.07) is 26.6. The minimum Gasteiger partial charge on any atom is -0.370 e. The maximum Gasteiger partial charge on any atom is 0.418 e. The van der Waals surface area contributed by atoms with Gasteiger partial charge in [-0.1, -0.05) is 36.8 Å². The maximum absolute atomic E-state index is 13.6. The Morgan fingerprint density at radius 2 is 0.953 bits per heavy atom. The molecule has 10 aromatic rings. The van der Waals surface area contributed by atoms with E-state index >= 15 is 0 Å². The van der Waals surface area contributed by atoms with Crippen LogP contribution in [0.25, 0.3) is 67.3 Å². The lowest BCUT2D eigenvalue weighted by atomic mass is 9.81. The highest BCUT2D eigenvalue weighted by Crippen LogP contribution is 2.42. The van der Waals surface area contributed by atoms with E-state index in [0.717, 1.165) is 75.1 Å². The van der Waals surface area contributed by atoms with E-state index in [9.17, 15) is 39.5 Å². The molecule has 2 aliphatic rings. The van der Waals surface area contributed by atoms with Crippen molar-refractivity contribution < 1.29 is 53.8 Å². The molecule has 9 aromatic heterocycles. The van der Waals surface area contributed by atoms with E-state index in [-0.39, 0.29) is 72.4 Å². The number of hydrogen-bond donors (Lipinski definition) is 9. The van der Waals surface area contributed by atoms with Crippen LogP contribution in [-0.2, 0) is 18.5 Å². The Kier molecular flexibility index (Phi) is 17.9. The summed E-state index contributed by atoms with van der Waals surface area (Å²) in [5, 5.41) is 30.9. The van der Waals surface area contributed by atoms with Gasteiger partial charge in [-0.2, -0.15) is 54.8 Å². The van der Waals surface area contributed by atoms with Gasteiger partial charge in [-0.25, -0.2) is 29.9 Å². The normalized spacial score (nSPS) is 17.8. The van der Waals surface area contributed by atoms with Crippen molar-refractivity contribution in [1.29, 1.82) is 0 Å². The third-order valence-corrected chi connectivity index (χ3v) is 15.0. The van der Waals surface area contributed by atoms with Crippen molar-refractivity contribution in [2.45, 2.75) is 88.0 Å². The molecular weight excluding hydrogens is 1120 g/mol. The molecule has 3 unspecified atom stereocenters. The van der Waals surface area contributed by atoms with Crippen LogP contribution in [0.2, 0.25) is 0 Å². The molecule has 0 saturated heterocycles. The fourth-order valence-corrected chi connectivity index (χ4v) is 10.6. The van der Waals surface area contributed by atoms with Gasteiger partial charge < -0.3 is 33.2 Å². The molecule has 2 saturated carbocycles. The van der Waals surface area contributed by atoms with Gasteiger partial charge in [-0.15, -0.1) is 0 Å². The first-order valence-corrected chi connectivity index (χ1v) is 27.4. The van der Waals surface area contributed by atoms with E-state index in [1.807, 2.05) is 30.3 Å². The highest BCUT2D eigenvalue weighted by atomic mass is 19.4. The van der Waals surface area contributed by atoms with Gasteiger partial charge >= 0.3 is 18.5 Å². The van der Waals surface area contributed by atoms with Gasteiger partial charge in [0.25, 0.3) is 0 Å². The van der Waals surface area contributed by atoms with Gasteiger partial charge in [-0.3, -0.25) is 15.3 Å². The number of hydrogen-bond acceptors (Lipinski definition) is 15. The Morgan fingerprint density at radius 1 is 0.518 bits per heavy atom. The number of benzene rings is 1. The Labute approximate surface area is 494 Å². The van der Waals surface area contributed by atoms with Crippen LogP contribution in [0.5, 0.6) is 0 Å². The fraction of sp³-hybridized carbons (Fsp3) is 0.328. The lowest BCUT2D eigenvalue weighted by Crippen LogP contribution is -2.33. The summed E-state index contributed by atoms with van der Waals surface area (Å²) in [6.45, 7) is 1.66. The second-order valence-corrected chi connectivity index (χ2v) is 20.9. The molecule has 1 aromatic carbocycles. The van der Waals surface area contributed by atoms with Crippen LogP contribution >= 0.6 is 0 Å². The van der Waals surface area contributed by atoms with Crippen LogP contribution in [0, 0.1) is 11.8 Å². The molecule has 85 heavy (non-hydrogen) atoms. The monoisotopic (exact) mass is 1200 g/mol. The van der Waals surface area contributed by atoms with Crippen molar-refractivity contribution in [2.75, 3.05) is 35.6 Å². The SMILES string of the molecule is NC(CNc1ccc(C(F)(F)F)c(-c2[nH]nc3ncccc23)n1)c1ccccc1.NC1CCC(Nc2ccc(C(F)(F)F)c(-c3[nH]nc4ncccc34)n2)CC1.NCC1CCCC(CNc2ccc(C(F)(F)F)c(-c3[nH]nc4ncccc34)n2)C1.[HH].[HH].[HH].[HH].[HH].[HH].[HH].[HH].[HH].[HH]. The first-order valence-electron chi connectivity index (χ1n) is 27.4.